The second kappa shape index (κ2) is 8.20. The molecular formula is C25H22ClNO5. The van der Waals surface area contributed by atoms with Crippen molar-refractivity contribution >= 4 is 34.7 Å². The fraction of sp³-hybridized carbons (Fsp3) is 0.200. The number of aryl methyl sites for hydroxylation is 3. The van der Waals surface area contributed by atoms with Gasteiger partial charge in [0.05, 0.1) is 23.3 Å². The van der Waals surface area contributed by atoms with Crippen LogP contribution in [0.4, 0.5) is 5.69 Å². The van der Waals surface area contributed by atoms with Crippen molar-refractivity contribution in [3.63, 3.8) is 0 Å². The fourth-order valence-corrected chi connectivity index (χ4v) is 4.28. The van der Waals surface area contributed by atoms with E-state index < -0.39 is 17.7 Å². The average Bonchev–Trinajstić information content (AvgIpc) is 3.29. The number of halogens is 1. The van der Waals surface area contributed by atoms with Gasteiger partial charge in [-0.1, -0.05) is 29.3 Å². The maximum atomic E-state index is 13.2. The number of anilines is 1. The molecule has 1 atom stereocenters. The van der Waals surface area contributed by atoms with Gasteiger partial charge in [-0.25, -0.2) is 0 Å². The topological polar surface area (TPSA) is 80.0 Å². The Kier molecular flexibility index (Phi) is 5.57. The highest BCUT2D eigenvalue weighted by molar-refractivity contribution is 6.51. The van der Waals surface area contributed by atoms with Crippen LogP contribution in [0.3, 0.4) is 0 Å². The molecular weight excluding hydrogens is 430 g/mol. The Bertz CT molecular complexity index is 1260. The van der Waals surface area contributed by atoms with Crippen molar-refractivity contribution in [2.45, 2.75) is 26.8 Å². The van der Waals surface area contributed by atoms with Crippen molar-refractivity contribution in [1.82, 2.24) is 0 Å². The number of Topliss-reactive ketones (excluding diaryl/α,β-unsaturated/α-hetero) is 1. The zero-order chi connectivity index (χ0) is 23.2. The first-order chi connectivity index (χ1) is 15.2. The van der Waals surface area contributed by atoms with Crippen LogP contribution in [0.15, 0.2) is 58.5 Å². The van der Waals surface area contributed by atoms with E-state index in [1.807, 2.05) is 19.1 Å². The van der Waals surface area contributed by atoms with Gasteiger partial charge in [0.25, 0.3) is 11.7 Å². The second-order valence-electron chi connectivity index (χ2n) is 7.78. The number of aliphatic hydroxyl groups is 1. The minimum Gasteiger partial charge on any atom is -0.507 e. The normalized spacial score (nSPS) is 17.8. The van der Waals surface area contributed by atoms with Gasteiger partial charge in [-0.15, -0.1) is 0 Å². The fourth-order valence-electron chi connectivity index (χ4n) is 3.93. The van der Waals surface area contributed by atoms with Gasteiger partial charge in [0.15, 0.2) is 0 Å². The van der Waals surface area contributed by atoms with Crippen molar-refractivity contribution in [1.29, 1.82) is 0 Å². The molecule has 1 fully saturated rings. The molecule has 7 heteroatoms. The van der Waals surface area contributed by atoms with Crippen molar-refractivity contribution in [3.05, 3.63) is 87.3 Å². The standard InChI is InChI=1S/C25H22ClNO5/c1-13-5-8-16(9-6-13)27-21(19-10-7-15(3)32-19)20(23(29)25(27)30)22(28)17-11-14(2)12-18(26)24(17)31-4/h5-12,21,28H,1-4H3/b22-20+. The summed E-state index contributed by atoms with van der Waals surface area (Å²) < 4.78 is 11.2. The lowest BCUT2D eigenvalue weighted by atomic mass is 9.97. The monoisotopic (exact) mass is 451 g/mol. The lowest BCUT2D eigenvalue weighted by Crippen LogP contribution is -2.29. The van der Waals surface area contributed by atoms with Crippen molar-refractivity contribution in [3.8, 4) is 5.75 Å². The molecule has 1 aliphatic rings. The van der Waals surface area contributed by atoms with Crippen molar-refractivity contribution < 1.29 is 23.8 Å². The van der Waals surface area contributed by atoms with E-state index in [0.29, 0.717) is 17.2 Å². The Morgan fingerprint density at radius 2 is 1.72 bits per heavy atom. The molecule has 32 heavy (non-hydrogen) atoms. The molecule has 2 aromatic carbocycles. The maximum Gasteiger partial charge on any atom is 0.300 e. The third kappa shape index (κ3) is 3.56. The molecule has 4 rings (SSSR count). The van der Waals surface area contributed by atoms with E-state index in [-0.39, 0.29) is 27.7 Å². The average molecular weight is 452 g/mol. The molecule has 1 aliphatic heterocycles. The molecule has 0 bridgehead atoms. The molecule has 1 saturated heterocycles. The number of benzene rings is 2. The third-order valence-corrected chi connectivity index (χ3v) is 5.72. The lowest BCUT2D eigenvalue weighted by Gasteiger charge is -2.23. The zero-order valence-electron chi connectivity index (χ0n) is 18.1. The highest BCUT2D eigenvalue weighted by Gasteiger charge is 2.48. The Labute approximate surface area is 190 Å². The molecule has 1 amide bonds. The van der Waals surface area contributed by atoms with Gasteiger partial charge in [0.2, 0.25) is 0 Å². The predicted molar refractivity (Wildman–Crippen MR) is 122 cm³/mol. The van der Waals surface area contributed by atoms with Crippen LogP contribution in [0.25, 0.3) is 5.76 Å². The van der Waals surface area contributed by atoms with E-state index in [0.717, 1.165) is 11.1 Å². The summed E-state index contributed by atoms with van der Waals surface area (Å²) in [6, 6.07) is 13.1. The van der Waals surface area contributed by atoms with Gasteiger partial charge >= 0.3 is 0 Å². The summed E-state index contributed by atoms with van der Waals surface area (Å²) in [5.41, 5.74) is 2.42. The first-order valence-corrected chi connectivity index (χ1v) is 10.4. The number of ketones is 1. The Hall–Kier alpha value is -3.51. The van der Waals surface area contributed by atoms with Gasteiger partial charge in [0, 0.05) is 5.69 Å². The largest absolute Gasteiger partial charge is 0.507 e. The first-order valence-electron chi connectivity index (χ1n) is 10.0. The quantitative estimate of drug-likeness (QED) is 0.322. The summed E-state index contributed by atoms with van der Waals surface area (Å²) in [5, 5.41) is 11.6. The summed E-state index contributed by atoms with van der Waals surface area (Å²) in [4.78, 5) is 27.7. The summed E-state index contributed by atoms with van der Waals surface area (Å²) in [6.45, 7) is 5.50. The summed E-state index contributed by atoms with van der Waals surface area (Å²) in [5.74, 6) is -0.758. The number of furan rings is 1. The minimum absolute atomic E-state index is 0.0927. The Morgan fingerprint density at radius 3 is 2.31 bits per heavy atom. The van der Waals surface area contributed by atoms with Crippen LogP contribution < -0.4 is 9.64 Å². The first kappa shape index (κ1) is 21.7. The molecule has 164 valence electrons. The van der Waals surface area contributed by atoms with E-state index in [4.69, 9.17) is 20.8 Å². The summed E-state index contributed by atoms with van der Waals surface area (Å²) in [6.07, 6.45) is 0. The number of hydrogen-bond donors (Lipinski definition) is 1. The number of hydrogen-bond acceptors (Lipinski definition) is 5. The van der Waals surface area contributed by atoms with Gasteiger partial charge in [-0.3, -0.25) is 14.5 Å². The zero-order valence-corrected chi connectivity index (χ0v) is 18.9. The molecule has 1 unspecified atom stereocenters. The number of amides is 1. The van der Waals surface area contributed by atoms with E-state index in [2.05, 4.69) is 0 Å². The van der Waals surface area contributed by atoms with Crippen LogP contribution in [-0.2, 0) is 9.59 Å². The molecule has 1 aromatic heterocycles. The van der Waals surface area contributed by atoms with Gasteiger partial charge in [-0.2, -0.15) is 0 Å². The van der Waals surface area contributed by atoms with Gasteiger partial charge in [-0.05, 0) is 62.7 Å². The number of carbonyl (C=O) groups is 2. The minimum atomic E-state index is -0.949. The second-order valence-corrected chi connectivity index (χ2v) is 8.19. The number of rotatable bonds is 4. The van der Waals surface area contributed by atoms with Gasteiger partial charge in [0.1, 0.15) is 29.1 Å². The number of carbonyl (C=O) groups excluding carboxylic acids is 2. The van der Waals surface area contributed by atoms with Crippen LogP contribution in [0.2, 0.25) is 5.02 Å². The van der Waals surface area contributed by atoms with Crippen LogP contribution in [0.1, 0.15) is 34.3 Å². The number of ether oxygens (including phenoxy) is 1. The Morgan fingerprint density at radius 1 is 1.03 bits per heavy atom. The number of nitrogens with zero attached hydrogens (tertiary/aromatic N) is 1. The number of aliphatic hydroxyl groups excluding tert-OH is 1. The van der Waals surface area contributed by atoms with Crippen LogP contribution in [0.5, 0.6) is 5.75 Å². The molecule has 0 spiro atoms. The smallest absolute Gasteiger partial charge is 0.300 e. The van der Waals surface area contributed by atoms with Crippen molar-refractivity contribution in [2.24, 2.45) is 0 Å². The van der Waals surface area contributed by atoms with E-state index in [1.54, 1.807) is 50.2 Å². The highest BCUT2D eigenvalue weighted by Crippen LogP contribution is 2.44. The van der Waals surface area contributed by atoms with Crippen LogP contribution in [0, 0.1) is 20.8 Å². The number of methoxy groups -OCH3 is 1. The molecule has 0 saturated carbocycles. The van der Waals surface area contributed by atoms with Crippen LogP contribution in [-0.4, -0.2) is 23.9 Å². The van der Waals surface area contributed by atoms with Crippen molar-refractivity contribution in [2.75, 3.05) is 12.0 Å². The molecule has 2 heterocycles. The highest BCUT2D eigenvalue weighted by atomic mass is 35.5. The van der Waals surface area contributed by atoms with Gasteiger partial charge < -0.3 is 14.3 Å². The SMILES string of the molecule is COc1c(Cl)cc(C)cc1/C(O)=C1\C(=O)C(=O)N(c2ccc(C)cc2)C1c1ccc(C)o1. The van der Waals surface area contributed by atoms with E-state index in [1.165, 1.54) is 12.0 Å². The predicted octanol–water partition coefficient (Wildman–Crippen LogP) is 5.49. The molecule has 0 radical (unpaired) electrons. The maximum absolute atomic E-state index is 13.2. The summed E-state index contributed by atoms with van der Waals surface area (Å²) in [7, 11) is 1.42. The van der Waals surface area contributed by atoms with Crippen LogP contribution >= 0.6 is 11.6 Å². The van der Waals surface area contributed by atoms with E-state index >= 15 is 0 Å². The molecule has 3 aromatic rings. The third-order valence-electron chi connectivity index (χ3n) is 5.43. The molecule has 0 aliphatic carbocycles. The molecule has 1 N–H and O–H groups in total. The van der Waals surface area contributed by atoms with E-state index in [9.17, 15) is 14.7 Å². The Balaban J connectivity index is 1.99. The lowest BCUT2D eigenvalue weighted by molar-refractivity contribution is -0.132. The molecule has 6 nitrogen and oxygen atoms in total. The summed E-state index contributed by atoms with van der Waals surface area (Å²) >= 11 is 6.31.